The minimum Gasteiger partial charge on any atom is -0.385 e. The Morgan fingerprint density at radius 3 is 2.64 bits per heavy atom. The lowest BCUT2D eigenvalue weighted by atomic mass is 10.0. The second-order valence-corrected chi connectivity index (χ2v) is 7.81. The molecular formula is C13H16ClN3O3S2. The number of ether oxygens (including phenoxy) is 1. The molecule has 0 aliphatic carbocycles. The Balaban J connectivity index is 2.19. The third-order valence-corrected chi connectivity index (χ3v) is 5.53. The Morgan fingerprint density at radius 1 is 1.41 bits per heavy atom. The van der Waals surface area contributed by atoms with Gasteiger partial charge in [0.25, 0.3) is 0 Å². The Bertz CT molecular complexity index is 716. The zero-order valence-electron chi connectivity index (χ0n) is 11.8. The van der Waals surface area contributed by atoms with Crippen LogP contribution in [0.15, 0.2) is 34.7 Å². The fraction of sp³-hybridized carbons (Fsp3) is 0.308. The summed E-state index contributed by atoms with van der Waals surface area (Å²) in [5.74, 6) is 0. The Hall–Kier alpha value is -1.19. The maximum atomic E-state index is 11.3. The summed E-state index contributed by atoms with van der Waals surface area (Å²) in [6.45, 7) is 0.549. The Labute approximate surface area is 138 Å². The molecule has 0 saturated heterocycles. The average Bonchev–Trinajstić information content (AvgIpc) is 2.93. The number of hydrogen-bond donors (Lipinski definition) is 2. The standard InChI is InChI=1S/C13H16ClN3O3S2/c1-20-7-6-11(9-2-4-10(14)5-3-9)17-13-16-8-12(21-13)22(15,18)19/h2-5,8,11H,6-7H2,1H3,(H,16,17)(H2,15,18,19). The number of hydrogen-bond acceptors (Lipinski definition) is 6. The molecule has 1 aromatic heterocycles. The first kappa shape index (κ1) is 17.2. The van der Waals surface area contributed by atoms with Gasteiger partial charge in [-0.2, -0.15) is 0 Å². The zero-order valence-corrected chi connectivity index (χ0v) is 14.2. The molecule has 1 aromatic carbocycles. The van der Waals surface area contributed by atoms with Crippen LogP contribution in [0.25, 0.3) is 0 Å². The van der Waals surface area contributed by atoms with Crippen LogP contribution in [-0.4, -0.2) is 27.1 Å². The molecule has 0 radical (unpaired) electrons. The molecule has 0 amide bonds. The number of halogens is 1. The lowest BCUT2D eigenvalue weighted by Crippen LogP contribution is -2.13. The largest absolute Gasteiger partial charge is 0.385 e. The van der Waals surface area contributed by atoms with E-state index in [1.54, 1.807) is 19.2 Å². The maximum absolute atomic E-state index is 11.3. The van der Waals surface area contributed by atoms with E-state index in [0.717, 1.165) is 16.9 Å². The van der Waals surface area contributed by atoms with Gasteiger partial charge in [-0.15, -0.1) is 0 Å². The van der Waals surface area contributed by atoms with E-state index in [2.05, 4.69) is 10.3 Å². The molecule has 0 aliphatic heterocycles. The predicted octanol–water partition coefficient (Wildman–Crippen LogP) is 2.63. The van der Waals surface area contributed by atoms with Crippen LogP contribution in [0.4, 0.5) is 5.13 Å². The van der Waals surface area contributed by atoms with Crippen LogP contribution in [0.2, 0.25) is 5.02 Å². The summed E-state index contributed by atoms with van der Waals surface area (Å²) in [5.41, 5.74) is 1.01. The van der Waals surface area contributed by atoms with Crippen LogP contribution in [0.1, 0.15) is 18.0 Å². The summed E-state index contributed by atoms with van der Waals surface area (Å²) < 4.78 is 27.7. The minimum atomic E-state index is -3.73. The molecule has 22 heavy (non-hydrogen) atoms. The van der Waals surface area contributed by atoms with E-state index in [9.17, 15) is 8.42 Å². The van der Waals surface area contributed by atoms with E-state index in [1.165, 1.54) is 6.20 Å². The van der Waals surface area contributed by atoms with Gasteiger partial charge < -0.3 is 10.1 Å². The van der Waals surface area contributed by atoms with Gasteiger partial charge in [-0.1, -0.05) is 35.1 Å². The summed E-state index contributed by atoms with van der Waals surface area (Å²) in [6.07, 6.45) is 1.94. The number of primary sulfonamides is 1. The topological polar surface area (TPSA) is 94.3 Å². The van der Waals surface area contributed by atoms with Crippen LogP contribution in [0.5, 0.6) is 0 Å². The molecule has 1 unspecified atom stereocenters. The molecule has 0 spiro atoms. The van der Waals surface area contributed by atoms with Gasteiger partial charge in [0.15, 0.2) is 9.34 Å². The lowest BCUT2D eigenvalue weighted by molar-refractivity contribution is 0.190. The van der Waals surface area contributed by atoms with Crippen molar-refractivity contribution in [3.63, 3.8) is 0 Å². The highest BCUT2D eigenvalue weighted by atomic mass is 35.5. The normalized spacial score (nSPS) is 13.0. The van der Waals surface area contributed by atoms with Crippen molar-refractivity contribution in [2.75, 3.05) is 19.0 Å². The number of nitrogens with one attached hydrogen (secondary N) is 1. The molecule has 1 atom stereocenters. The fourth-order valence-electron chi connectivity index (χ4n) is 1.86. The first-order chi connectivity index (χ1) is 10.4. The number of methoxy groups -OCH3 is 1. The smallest absolute Gasteiger partial charge is 0.249 e. The Kier molecular flexibility index (Phi) is 5.76. The molecular weight excluding hydrogens is 346 g/mol. The van der Waals surface area contributed by atoms with E-state index < -0.39 is 10.0 Å². The summed E-state index contributed by atoms with van der Waals surface area (Å²) in [5, 5.41) is 9.43. The third kappa shape index (κ3) is 4.65. The zero-order chi connectivity index (χ0) is 16.2. The fourth-order valence-corrected chi connectivity index (χ4v) is 3.49. The van der Waals surface area contributed by atoms with Gasteiger partial charge in [0, 0.05) is 18.7 Å². The van der Waals surface area contributed by atoms with Crippen LogP contribution in [0.3, 0.4) is 0 Å². The molecule has 0 saturated carbocycles. The molecule has 3 N–H and O–H groups in total. The predicted molar refractivity (Wildman–Crippen MR) is 87.8 cm³/mol. The van der Waals surface area contributed by atoms with Crippen molar-refractivity contribution in [3.05, 3.63) is 41.0 Å². The van der Waals surface area contributed by atoms with E-state index in [4.69, 9.17) is 21.5 Å². The van der Waals surface area contributed by atoms with Crippen molar-refractivity contribution < 1.29 is 13.2 Å². The quantitative estimate of drug-likeness (QED) is 0.790. The third-order valence-electron chi connectivity index (χ3n) is 2.95. The monoisotopic (exact) mass is 361 g/mol. The molecule has 0 fully saturated rings. The molecule has 6 nitrogen and oxygen atoms in total. The van der Waals surface area contributed by atoms with Gasteiger partial charge in [0.05, 0.1) is 12.2 Å². The van der Waals surface area contributed by atoms with E-state index >= 15 is 0 Å². The van der Waals surface area contributed by atoms with Crippen molar-refractivity contribution in [3.8, 4) is 0 Å². The van der Waals surface area contributed by atoms with Crippen LogP contribution < -0.4 is 10.5 Å². The maximum Gasteiger partial charge on any atom is 0.249 e. The van der Waals surface area contributed by atoms with Crippen molar-refractivity contribution in [2.45, 2.75) is 16.7 Å². The second-order valence-electron chi connectivity index (χ2n) is 4.56. The number of benzene rings is 1. The second kappa shape index (κ2) is 7.38. The van der Waals surface area contributed by atoms with Gasteiger partial charge in [-0.3, -0.25) is 0 Å². The summed E-state index contributed by atoms with van der Waals surface area (Å²) in [4.78, 5) is 4.05. The van der Waals surface area contributed by atoms with Crippen LogP contribution in [-0.2, 0) is 14.8 Å². The molecule has 1 heterocycles. The highest BCUT2D eigenvalue weighted by molar-refractivity contribution is 7.91. The molecule has 0 aliphatic rings. The first-order valence-corrected chi connectivity index (χ1v) is 9.14. The SMILES string of the molecule is COCCC(Nc1ncc(S(N)(=O)=O)s1)c1ccc(Cl)cc1. The van der Waals surface area contributed by atoms with Gasteiger partial charge >= 0.3 is 0 Å². The summed E-state index contributed by atoms with van der Waals surface area (Å²) >= 11 is 6.90. The highest BCUT2D eigenvalue weighted by Crippen LogP contribution is 2.28. The van der Waals surface area contributed by atoms with E-state index in [1.807, 2.05) is 12.1 Å². The van der Waals surface area contributed by atoms with Crippen molar-refractivity contribution >= 4 is 38.1 Å². The molecule has 0 bridgehead atoms. The summed E-state index contributed by atoms with van der Waals surface area (Å²) in [7, 11) is -2.10. The number of rotatable bonds is 7. The van der Waals surface area contributed by atoms with Crippen molar-refractivity contribution in [1.82, 2.24) is 4.98 Å². The lowest BCUT2D eigenvalue weighted by Gasteiger charge is -2.18. The number of thiazole rings is 1. The molecule has 9 heteroatoms. The molecule has 120 valence electrons. The summed E-state index contributed by atoms with van der Waals surface area (Å²) in [6, 6.07) is 7.34. The van der Waals surface area contributed by atoms with Gasteiger partial charge in [0.2, 0.25) is 10.0 Å². The number of nitrogens with zero attached hydrogens (tertiary/aromatic N) is 1. The average molecular weight is 362 g/mol. The van der Waals surface area contributed by atoms with Crippen molar-refractivity contribution in [2.24, 2.45) is 5.14 Å². The number of anilines is 1. The highest BCUT2D eigenvalue weighted by Gasteiger charge is 2.16. The Morgan fingerprint density at radius 2 is 2.09 bits per heavy atom. The first-order valence-electron chi connectivity index (χ1n) is 6.39. The van der Waals surface area contributed by atoms with Crippen LogP contribution in [0, 0.1) is 0 Å². The number of sulfonamides is 1. The molecule has 2 rings (SSSR count). The van der Waals surface area contributed by atoms with Crippen LogP contribution >= 0.6 is 22.9 Å². The minimum absolute atomic E-state index is 0.0246. The van der Waals surface area contributed by atoms with E-state index in [0.29, 0.717) is 23.2 Å². The van der Waals surface area contributed by atoms with E-state index in [-0.39, 0.29) is 10.3 Å². The number of nitrogens with two attached hydrogens (primary N) is 1. The number of aromatic nitrogens is 1. The van der Waals surface area contributed by atoms with Crippen molar-refractivity contribution in [1.29, 1.82) is 0 Å². The van der Waals surface area contributed by atoms with Gasteiger partial charge in [-0.05, 0) is 24.1 Å². The van der Waals surface area contributed by atoms with Gasteiger partial charge in [0.1, 0.15) is 0 Å². The molecule has 2 aromatic rings. The van der Waals surface area contributed by atoms with Gasteiger partial charge in [-0.25, -0.2) is 18.5 Å².